The quantitative estimate of drug-likeness (QED) is 0.892. The van der Waals surface area contributed by atoms with Gasteiger partial charge in [0.15, 0.2) is 0 Å². The second kappa shape index (κ2) is 4.30. The lowest BCUT2D eigenvalue weighted by Gasteiger charge is -2.23. The van der Waals surface area contributed by atoms with Crippen LogP contribution in [0.4, 0.5) is 5.69 Å². The highest BCUT2D eigenvalue weighted by Crippen LogP contribution is 2.38. The van der Waals surface area contributed by atoms with Crippen LogP contribution in [0.1, 0.15) is 32.8 Å². The van der Waals surface area contributed by atoms with Gasteiger partial charge in [0, 0.05) is 18.8 Å². The van der Waals surface area contributed by atoms with Crippen LogP contribution in [0.25, 0.3) is 0 Å². The zero-order valence-corrected chi connectivity index (χ0v) is 11.5. The van der Waals surface area contributed by atoms with Crippen molar-refractivity contribution >= 4 is 11.7 Å². The first kappa shape index (κ1) is 12.9. The molecule has 0 amide bonds. The molecule has 2 unspecified atom stereocenters. The average molecular weight is 247 g/mol. The van der Waals surface area contributed by atoms with E-state index in [4.69, 9.17) is 5.11 Å². The van der Waals surface area contributed by atoms with Crippen LogP contribution in [-0.4, -0.2) is 24.2 Å². The maximum Gasteiger partial charge on any atom is 0.308 e. The van der Waals surface area contributed by atoms with Crippen LogP contribution >= 0.6 is 0 Å². The highest BCUT2D eigenvalue weighted by Gasteiger charge is 2.46. The summed E-state index contributed by atoms with van der Waals surface area (Å²) in [6.45, 7) is 6.56. The number of benzene rings is 1. The number of carbonyl (C=O) groups is 1. The molecule has 1 aromatic carbocycles. The molecule has 2 atom stereocenters. The smallest absolute Gasteiger partial charge is 0.308 e. The molecule has 1 aliphatic carbocycles. The summed E-state index contributed by atoms with van der Waals surface area (Å²) in [6, 6.07) is 8.58. The van der Waals surface area contributed by atoms with E-state index in [1.165, 1.54) is 5.56 Å². The molecule has 0 radical (unpaired) electrons. The molecule has 3 nitrogen and oxygen atoms in total. The van der Waals surface area contributed by atoms with Gasteiger partial charge in [-0.05, 0) is 29.5 Å². The van der Waals surface area contributed by atoms with E-state index >= 15 is 0 Å². The number of carboxylic acids is 1. The third kappa shape index (κ3) is 2.50. The predicted octanol–water partition coefficient (Wildman–Crippen LogP) is 2.89. The molecule has 3 heteroatoms. The van der Waals surface area contributed by atoms with E-state index in [2.05, 4.69) is 49.9 Å². The second-order valence-electron chi connectivity index (χ2n) is 6.16. The number of aliphatic carboxylic acids is 1. The molecular weight excluding hydrogens is 226 g/mol. The van der Waals surface area contributed by atoms with Crippen LogP contribution in [0.2, 0.25) is 0 Å². The van der Waals surface area contributed by atoms with Gasteiger partial charge in [0.25, 0.3) is 0 Å². The van der Waals surface area contributed by atoms with Gasteiger partial charge >= 0.3 is 5.97 Å². The summed E-state index contributed by atoms with van der Waals surface area (Å²) in [5.41, 5.74) is 2.54. The molecule has 0 bridgehead atoms. The Kier molecular flexibility index (Phi) is 3.09. The lowest BCUT2D eigenvalue weighted by atomic mass is 9.87. The zero-order chi connectivity index (χ0) is 13.5. The number of carboxylic acid groups (broad SMARTS) is 1. The van der Waals surface area contributed by atoms with Gasteiger partial charge in [-0.15, -0.1) is 0 Å². The Morgan fingerprint density at radius 3 is 2.22 bits per heavy atom. The molecule has 0 spiro atoms. The van der Waals surface area contributed by atoms with Crippen molar-refractivity contribution in [1.82, 2.24) is 0 Å². The number of hydrogen-bond donors (Lipinski definition) is 1. The highest BCUT2D eigenvalue weighted by molar-refractivity contribution is 5.76. The van der Waals surface area contributed by atoms with Crippen molar-refractivity contribution in [3.63, 3.8) is 0 Å². The zero-order valence-electron chi connectivity index (χ0n) is 11.5. The molecule has 98 valence electrons. The summed E-state index contributed by atoms with van der Waals surface area (Å²) in [5, 5.41) is 8.94. The summed E-state index contributed by atoms with van der Waals surface area (Å²) < 4.78 is 0. The number of anilines is 1. The molecule has 0 heterocycles. The first-order valence-electron chi connectivity index (χ1n) is 6.37. The van der Waals surface area contributed by atoms with E-state index in [1.807, 2.05) is 7.05 Å². The summed E-state index contributed by atoms with van der Waals surface area (Å²) in [5.74, 6) is -0.879. The molecule has 0 aromatic heterocycles. The third-order valence-electron chi connectivity index (χ3n) is 3.71. The van der Waals surface area contributed by atoms with Crippen molar-refractivity contribution in [1.29, 1.82) is 0 Å². The molecular formula is C15H21NO2. The highest BCUT2D eigenvalue weighted by atomic mass is 16.4. The van der Waals surface area contributed by atoms with E-state index in [0.29, 0.717) is 0 Å². The minimum atomic E-state index is -0.682. The summed E-state index contributed by atoms with van der Waals surface area (Å²) in [7, 11) is 1.97. The molecule has 2 rings (SSSR count). The minimum absolute atomic E-state index is 0.153. The van der Waals surface area contributed by atoms with Gasteiger partial charge in [-0.25, -0.2) is 0 Å². The van der Waals surface area contributed by atoms with Gasteiger partial charge in [-0.1, -0.05) is 32.9 Å². The fourth-order valence-corrected chi connectivity index (χ4v) is 2.26. The van der Waals surface area contributed by atoms with Crippen molar-refractivity contribution in [3.05, 3.63) is 29.8 Å². The van der Waals surface area contributed by atoms with Gasteiger partial charge in [-0.2, -0.15) is 0 Å². The van der Waals surface area contributed by atoms with Crippen LogP contribution in [0, 0.1) is 5.92 Å². The number of rotatable bonds is 3. The Bertz CT molecular complexity index is 445. The fraction of sp³-hybridized carbons (Fsp3) is 0.533. The standard InChI is InChI=1S/C15H21NO2/c1-15(2,3)10-5-7-11(8-6-10)16(4)13-9-12(13)14(17)18/h5-8,12-13H,9H2,1-4H3,(H,17,18). The van der Waals surface area contributed by atoms with Crippen molar-refractivity contribution in [2.24, 2.45) is 5.92 Å². The Morgan fingerprint density at radius 1 is 1.28 bits per heavy atom. The van der Waals surface area contributed by atoms with E-state index < -0.39 is 5.97 Å². The molecule has 1 fully saturated rings. The lowest BCUT2D eigenvalue weighted by Crippen LogP contribution is -2.23. The van der Waals surface area contributed by atoms with Gasteiger partial charge in [-0.3, -0.25) is 4.79 Å². The van der Waals surface area contributed by atoms with Crippen molar-refractivity contribution in [3.8, 4) is 0 Å². The normalized spacial score (nSPS) is 22.7. The van der Waals surface area contributed by atoms with Crippen LogP contribution in [0.3, 0.4) is 0 Å². The molecule has 1 N–H and O–H groups in total. The molecule has 0 aliphatic heterocycles. The number of hydrogen-bond acceptors (Lipinski definition) is 2. The molecule has 18 heavy (non-hydrogen) atoms. The largest absolute Gasteiger partial charge is 0.481 e. The van der Waals surface area contributed by atoms with E-state index in [9.17, 15) is 4.79 Å². The number of nitrogens with zero attached hydrogens (tertiary/aromatic N) is 1. The Morgan fingerprint density at radius 2 is 1.83 bits per heavy atom. The van der Waals surface area contributed by atoms with E-state index in [-0.39, 0.29) is 17.4 Å². The van der Waals surface area contributed by atoms with Gasteiger partial charge in [0.1, 0.15) is 0 Å². The topological polar surface area (TPSA) is 40.5 Å². The molecule has 1 aromatic rings. The average Bonchev–Trinajstić information content (AvgIpc) is 3.07. The predicted molar refractivity (Wildman–Crippen MR) is 73.1 cm³/mol. The maximum absolute atomic E-state index is 10.9. The maximum atomic E-state index is 10.9. The van der Waals surface area contributed by atoms with E-state index in [0.717, 1.165) is 12.1 Å². The van der Waals surface area contributed by atoms with Gasteiger partial charge in [0.2, 0.25) is 0 Å². The minimum Gasteiger partial charge on any atom is -0.481 e. The summed E-state index contributed by atoms with van der Waals surface area (Å²) in [6.07, 6.45) is 0.757. The Hall–Kier alpha value is -1.51. The van der Waals surface area contributed by atoms with Crippen LogP contribution in [0.15, 0.2) is 24.3 Å². The van der Waals surface area contributed by atoms with E-state index in [1.54, 1.807) is 0 Å². The third-order valence-corrected chi connectivity index (χ3v) is 3.71. The summed E-state index contributed by atoms with van der Waals surface area (Å²) in [4.78, 5) is 12.9. The SMILES string of the molecule is CN(c1ccc(C(C)(C)C)cc1)C1CC1C(=O)O. The van der Waals surface area contributed by atoms with Crippen molar-refractivity contribution in [2.45, 2.75) is 38.6 Å². The fourth-order valence-electron chi connectivity index (χ4n) is 2.26. The molecule has 0 saturated heterocycles. The van der Waals surface area contributed by atoms with Crippen LogP contribution < -0.4 is 4.90 Å². The lowest BCUT2D eigenvalue weighted by molar-refractivity contribution is -0.138. The van der Waals surface area contributed by atoms with Crippen molar-refractivity contribution < 1.29 is 9.90 Å². The first-order valence-corrected chi connectivity index (χ1v) is 6.37. The molecule has 1 saturated carbocycles. The second-order valence-corrected chi connectivity index (χ2v) is 6.16. The Balaban J connectivity index is 2.09. The Labute approximate surface area is 108 Å². The van der Waals surface area contributed by atoms with Gasteiger partial charge < -0.3 is 10.0 Å². The summed E-state index contributed by atoms with van der Waals surface area (Å²) >= 11 is 0. The molecule has 1 aliphatic rings. The first-order chi connectivity index (χ1) is 8.30. The van der Waals surface area contributed by atoms with Crippen LogP contribution in [0.5, 0.6) is 0 Å². The van der Waals surface area contributed by atoms with Crippen molar-refractivity contribution in [2.75, 3.05) is 11.9 Å². The van der Waals surface area contributed by atoms with Gasteiger partial charge in [0.05, 0.1) is 5.92 Å². The van der Waals surface area contributed by atoms with Crippen LogP contribution in [-0.2, 0) is 10.2 Å². The monoisotopic (exact) mass is 247 g/mol.